The van der Waals surface area contributed by atoms with Gasteiger partial charge >= 0.3 is 0 Å². The maximum absolute atomic E-state index is 3.47. The molecule has 0 saturated carbocycles. The van der Waals surface area contributed by atoms with Crippen LogP contribution in [0, 0.1) is 6.92 Å². The third-order valence-electron chi connectivity index (χ3n) is 1.83. The predicted octanol–water partition coefficient (Wildman–Crippen LogP) is 3.71. The monoisotopic (exact) mass is 212 g/mol. The molecule has 1 aromatic rings. The molecule has 0 aromatic heterocycles. The van der Waals surface area contributed by atoms with E-state index in [0.717, 1.165) is 0 Å². The molecule has 0 bridgehead atoms. The summed E-state index contributed by atoms with van der Waals surface area (Å²) in [5.74, 6) is 0. The lowest BCUT2D eigenvalue weighted by molar-refractivity contribution is 0.912. The van der Waals surface area contributed by atoms with E-state index >= 15 is 0 Å². The lowest BCUT2D eigenvalue weighted by atomic mass is 10.1. The van der Waals surface area contributed by atoms with Gasteiger partial charge in [-0.25, -0.2) is 0 Å². The minimum atomic E-state index is 1.19. The van der Waals surface area contributed by atoms with Gasteiger partial charge in [0.15, 0.2) is 0 Å². The summed E-state index contributed by atoms with van der Waals surface area (Å²) >= 11 is 3.47. The van der Waals surface area contributed by atoms with Gasteiger partial charge in [0.25, 0.3) is 0 Å². The van der Waals surface area contributed by atoms with Gasteiger partial charge in [-0.1, -0.05) is 35.3 Å². The zero-order valence-electron chi connectivity index (χ0n) is 7.02. The number of hydrogen-bond acceptors (Lipinski definition) is 0. The van der Waals surface area contributed by atoms with E-state index in [4.69, 9.17) is 0 Å². The Labute approximate surface area is 76.8 Å². The van der Waals surface area contributed by atoms with Crippen molar-refractivity contribution in [2.24, 2.45) is 0 Å². The summed E-state index contributed by atoms with van der Waals surface area (Å²) in [7, 11) is 0. The van der Waals surface area contributed by atoms with E-state index in [1.165, 1.54) is 28.4 Å². The molecule has 0 aliphatic carbocycles. The Kier molecular flexibility index (Phi) is 3.13. The maximum atomic E-state index is 3.47. The van der Waals surface area contributed by atoms with Crippen LogP contribution in [0.5, 0.6) is 0 Å². The number of benzene rings is 1. The van der Waals surface area contributed by atoms with Gasteiger partial charge in [0.2, 0.25) is 0 Å². The molecule has 0 heterocycles. The first-order valence-electron chi connectivity index (χ1n) is 3.99. The maximum Gasteiger partial charge on any atom is 0.0178 e. The first-order valence-corrected chi connectivity index (χ1v) is 4.78. The Hall–Kier alpha value is -0.300. The van der Waals surface area contributed by atoms with Crippen molar-refractivity contribution in [1.82, 2.24) is 0 Å². The Balaban J connectivity index is 2.93. The first-order chi connectivity index (χ1) is 5.24. The van der Waals surface area contributed by atoms with Crippen LogP contribution in [-0.2, 0) is 6.42 Å². The van der Waals surface area contributed by atoms with Crippen LogP contribution in [0.15, 0.2) is 22.7 Å². The molecule has 60 valence electrons. The van der Waals surface area contributed by atoms with Crippen molar-refractivity contribution < 1.29 is 0 Å². The van der Waals surface area contributed by atoms with Gasteiger partial charge in [-0.3, -0.25) is 0 Å². The molecule has 0 radical (unpaired) electrons. The fourth-order valence-electron chi connectivity index (χ4n) is 1.18. The highest BCUT2D eigenvalue weighted by Crippen LogP contribution is 2.16. The predicted molar refractivity (Wildman–Crippen MR) is 52.9 cm³/mol. The minimum Gasteiger partial charge on any atom is -0.0651 e. The summed E-state index contributed by atoms with van der Waals surface area (Å²) < 4.78 is 1.19. The number of hydrogen-bond donors (Lipinski definition) is 0. The number of halogens is 1. The minimum absolute atomic E-state index is 1.19. The molecule has 0 N–H and O–H groups in total. The molecule has 0 saturated heterocycles. The van der Waals surface area contributed by atoms with Crippen LogP contribution in [0.25, 0.3) is 0 Å². The Morgan fingerprint density at radius 1 is 1.36 bits per heavy atom. The van der Waals surface area contributed by atoms with Crippen LogP contribution in [0.2, 0.25) is 0 Å². The molecule has 1 heteroatoms. The molecule has 0 spiro atoms. The molecule has 0 atom stereocenters. The van der Waals surface area contributed by atoms with Crippen molar-refractivity contribution in [3.8, 4) is 0 Å². The van der Waals surface area contributed by atoms with E-state index in [1.54, 1.807) is 0 Å². The van der Waals surface area contributed by atoms with Crippen molar-refractivity contribution in [3.05, 3.63) is 33.8 Å². The van der Waals surface area contributed by atoms with Crippen LogP contribution >= 0.6 is 15.9 Å². The van der Waals surface area contributed by atoms with Crippen molar-refractivity contribution in [2.75, 3.05) is 0 Å². The highest BCUT2D eigenvalue weighted by Gasteiger charge is 1.96. The van der Waals surface area contributed by atoms with Crippen molar-refractivity contribution in [3.63, 3.8) is 0 Å². The summed E-state index contributed by atoms with van der Waals surface area (Å²) in [6.45, 7) is 4.37. The summed E-state index contributed by atoms with van der Waals surface area (Å²) in [5.41, 5.74) is 2.86. The van der Waals surface area contributed by atoms with Gasteiger partial charge < -0.3 is 0 Å². The molecule has 11 heavy (non-hydrogen) atoms. The van der Waals surface area contributed by atoms with E-state index in [-0.39, 0.29) is 0 Å². The van der Waals surface area contributed by atoms with Gasteiger partial charge in [-0.05, 0) is 36.6 Å². The van der Waals surface area contributed by atoms with Crippen LogP contribution in [-0.4, -0.2) is 0 Å². The van der Waals surface area contributed by atoms with E-state index in [1.807, 2.05) is 0 Å². The molecule has 1 aromatic carbocycles. The van der Waals surface area contributed by atoms with Gasteiger partial charge in [0.05, 0.1) is 0 Å². The summed E-state index contributed by atoms with van der Waals surface area (Å²) in [4.78, 5) is 0. The SMILES string of the molecule is CCCc1cc(Br)ccc1C. The Morgan fingerprint density at radius 2 is 2.09 bits per heavy atom. The molecule has 0 unspecified atom stereocenters. The Morgan fingerprint density at radius 3 is 2.73 bits per heavy atom. The summed E-state index contributed by atoms with van der Waals surface area (Å²) in [6.07, 6.45) is 2.41. The lowest BCUT2D eigenvalue weighted by Gasteiger charge is -2.03. The Bertz CT molecular complexity index is 241. The van der Waals surface area contributed by atoms with Crippen molar-refractivity contribution in [2.45, 2.75) is 26.7 Å². The molecule has 0 amide bonds. The zero-order valence-corrected chi connectivity index (χ0v) is 8.61. The van der Waals surface area contributed by atoms with E-state index < -0.39 is 0 Å². The highest BCUT2D eigenvalue weighted by atomic mass is 79.9. The second kappa shape index (κ2) is 3.91. The van der Waals surface area contributed by atoms with E-state index in [0.29, 0.717) is 0 Å². The van der Waals surface area contributed by atoms with Crippen molar-refractivity contribution in [1.29, 1.82) is 0 Å². The average molecular weight is 213 g/mol. The second-order valence-corrected chi connectivity index (χ2v) is 3.74. The summed E-state index contributed by atoms with van der Waals surface area (Å²) in [6, 6.07) is 6.46. The molecule has 0 fully saturated rings. The van der Waals surface area contributed by atoms with Crippen LogP contribution in [0.1, 0.15) is 24.5 Å². The fourth-order valence-corrected chi connectivity index (χ4v) is 1.59. The van der Waals surface area contributed by atoms with Gasteiger partial charge in [0.1, 0.15) is 0 Å². The number of aryl methyl sites for hydroxylation is 2. The van der Waals surface area contributed by atoms with Crippen LogP contribution in [0.3, 0.4) is 0 Å². The first kappa shape index (κ1) is 8.79. The molecular weight excluding hydrogens is 200 g/mol. The van der Waals surface area contributed by atoms with Crippen molar-refractivity contribution >= 4 is 15.9 Å². The summed E-state index contributed by atoms with van der Waals surface area (Å²) in [5, 5.41) is 0. The van der Waals surface area contributed by atoms with Gasteiger partial charge in [0, 0.05) is 4.47 Å². The van der Waals surface area contributed by atoms with E-state index in [9.17, 15) is 0 Å². The van der Waals surface area contributed by atoms with Crippen LogP contribution in [0.4, 0.5) is 0 Å². The quantitative estimate of drug-likeness (QED) is 0.702. The molecule has 0 aliphatic heterocycles. The lowest BCUT2D eigenvalue weighted by Crippen LogP contribution is -1.87. The largest absolute Gasteiger partial charge is 0.0651 e. The standard InChI is InChI=1S/C10H13Br/c1-3-4-9-7-10(11)6-5-8(9)2/h5-7H,3-4H2,1-2H3. The highest BCUT2D eigenvalue weighted by molar-refractivity contribution is 9.10. The third-order valence-corrected chi connectivity index (χ3v) is 2.32. The molecule has 0 nitrogen and oxygen atoms in total. The fraction of sp³-hybridized carbons (Fsp3) is 0.400. The third kappa shape index (κ3) is 2.33. The van der Waals surface area contributed by atoms with E-state index in [2.05, 4.69) is 48.0 Å². The normalized spacial score (nSPS) is 10.1. The number of rotatable bonds is 2. The smallest absolute Gasteiger partial charge is 0.0178 e. The molecular formula is C10H13Br. The van der Waals surface area contributed by atoms with Gasteiger partial charge in [-0.15, -0.1) is 0 Å². The topological polar surface area (TPSA) is 0 Å². The van der Waals surface area contributed by atoms with Crippen LogP contribution < -0.4 is 0 Å². The second-order valence-electron chi connectivity index (χ2n) is 2.82. The van der Waals surface area contributed by atoms with Gasteiger partial charge in [-0.2, -0.15) is 0 Å². The molecule has 0 aliphatic rings. The zero-order chi connectivity index (χ0) is 8.27. The molecule has 1 rings (SSSR count). The average Bonchev–Trinajstić information content (AvgIpc) is 1.98.